The lowest BCUT2D eigenvalue weighted by Crippen LogP contribution is -1.91. The Morgan fingerprint density at radius 1 is 0.867 bits per heavy atom. The van der Waals surface area contributed by atoms with Crippen molar-refractivity contribution in [3.63, 3.8) is 0 Å². The SMILES string of the molecule is CC1=C(C2=CC=CC=CC2)CC=CC=C1. The molecule has 0 saturated carbocycles. The molecule has 0 bridgehead atoms. The maximum absolute atomic E-state index is 2.23. The summed E-state index contributed by atoms with van der Waals surface area (Å²) in [6.07, 6.45) is 21.5. The van der Waals surface area contributed by atoms with E-state index in [2.05, 4.69) is 61.6 Å². The van der Waals surface area contributed by atoms with Gasteiger partial charge in [-0.25, -0.2) is 0 Å². The molecule has 0 aromatic carbocycles. The summed E-state index contributed by atoms with van der Waals surface area (Å²) in [5, 5.41) is 0. The van der Waals surface area contributed by atoms with E-state index < -0.39 is 0 Å². The van der Waals surface area contributed by atoms with Crippen LogP contribution < -0.4 is 0 Å². The van der Waals surface area contributed by atoms with E-state index >= 15 is 0 Å². The first kappa shape index (κ1) is 9.97. The molecule has 0 unspecified atom stereocenters. The van der Waals surface area contributed by atoms with Gasteiger partial charge in [-0.15, -0.1) is 0 Å². The predicted molar refractivity (Wildman–Crippen MR) is 66.6 cm³/mol. The van der Waals surface area contributed by atoms with Crippen molar-refractivity contribution >= 4 is 0 Å². The minimum absolute atomic E-state index is 1.04. The fourth-order valence-corrected chi connectivity index (χ4v) is 1.91. The van der Waals surface area contributed by atoms with Gasteiger partial charge in [0.2, 0.25) is 0 Å². The molecule has 76 valence electrons. The van der Waals surface area contributed by atoms with Gasteiger partial charge in [0.1, 0.15) is 0 Å². The molecule has 2 rings (SSSR count). The molecule has 0 fully saturated rings. The molecule has 0 saturated heterocycles. The van der Waals surface area contributed by atoms with E-state index in [1.807, 2.05) is 0 Å². The third kappa shape index (κ3) is 2.47. The molecule has 2 aliphatic rings. The number of hydrogen-bond donors (Lipinski definition) is 0. The van der Waals surface area contributed by atoms with Crippen LogP contribution in [0.25, 0.3) is 0 Å². The molecule has 0 radical (unpaired) electrons. The highest BCUT2D eigenvalue weighted by atomic mass is 14.1. The molecule has 0 aromatic heterocycles. The smallest absolute Gasteiger partial charge is 0.00889 e. The van der Waals surface area contributed by atoms with Crippen LogP contribution in [0.3, 0.4) is 0 Å². The van der Waals surface area contributed by atoms with Crippen LogP contribution in [0.1, 0.15) is 19.8 Å². The number of hydrogen-bond acceptors (Lipinski definition) is 0. The van der Waals surface area contributed by atoms with Crippen LogP contribution in [0.2, 0.25) is 0 Å². The van der Waals surface area contributed by atoms with E-state index in [1.54, 1.807) is 0 Å². The lowest BCUT2D eigenvalue weighted by atomic mass is 9.95. The van der Waals surface area contributed by atoms with Gasteiger partial charge >= 0.3 is 0 Å². The van der Waals surface area contributed by atoms with E-state index in [0.717, 1.165) is 12.8 Å². The van der Waals surface area contributed by atoms with E-state index in [1.165, 1.54) is 16.7 Å². The summed E-state index contributed by atoms with van der Waals surface area (Å²) < 4.78 is 0. The lowest BCUT2D eigenvalue weighted by Gasteiger charge is -2.10. The molecule has 0 heteroatoms. The van der Waals surface area contributed by atoms with Crippen molar-refractivity contribution < 1.29 is 0 Å². The molecular weight excluding hydrogens is 180 g/mol. The first-order chi connectivity index (χ1) is 7.38. The van der Waals surface area contributed by atoms with Crippen molar-refractivity contribution in [3.05, 3.63) is 71.4 Å². The average molecular weight is 196 g/mol. The highest BCUT2D eigenvalue weighted by molar-refractivity contribution is 5.46. The maximum Gasteiger partial charge on any atom is -0.00889 e. The molecule has 0 N–H and O–H groups in total. The Labute approximate surface area is 91.7 Å². The quantitative estimate of drug-likeness (QED) is 0.587. The van der Waals surface area contributed by atoms with Gasteiger partial charge in [-0.3, -0.25) is 0 Å². The van der Waals surface area contributed by atoms with Crippen molar-refractivity contribution in [2.24, 2.45) is 0 Å². The fraction of sp³-hybridized carbons (Fsp3) is 0.200. The Kier molecular flexibility index (Phi) is 3.18. The molecule has 0 heterocycles. The summed E-state index contributed by atoms with van der Waals surface area (Å²) in [6.45, 7) is 2.19. The maximum atomic E-state index is 2.23. The van der Waals surface area contributed by atoms with Crippen LogP contribution in [0.5, 0.6) is 0 Å². The Bertz CT molecular complexity index is 409. The molecule has 0 amide bonds. The van der Waals surface area contributed by atoms with Gasteiger partial charge in [0.25, 0.3) is 0 Å². The first-order valence-electron chi connectivity index (χ1n) is 5.43. The van der Waals surface area contributed by atoms with Crippen molar-refractivity contribution in [1.29, 1.82) is 0 Å². The van der Waals surface area contributed by atoms with E-state index in [0.29, 0.717) is 0 Å². The molecule has 15 heavy (non-hydrogen) atoms. The molecule has 0 aromatic rings. The Morgan fingerprint density at radius 2 is 1.67 bits per heavy atom. The largest absolute Gasteiger partial charge is 0.0801 e. The minimum Gasteiger partial charge on any atom is -0.0801 e. The Hall–Kier alpha value is -1.56. The second-order valence-electron chi connectivity index (χ2n) is 3.86. The lowest BCUT2D eigenvalue weighted by molar-refractivity contribution is 1.11. The molecule has 0 aliphatic heterocycles. The zero-order valence-corrected chi connectivity index (χ0v) is 9.11. The summed E-state index contributed by atoms with van der Waals surface area (Å²) in [4.78, 5) is 0. The summed E-state index contributed by atoms with van der Waals surface area (Å²) in [6, 6.07) is 0. The van der Waals surface area contributed by atoms with Gasteiger partial charge in [0.15, 0.2) is 0 Å². The average Bonchev–Trinajstić information content (AvgIpc) is 2.59. The van der Waals surface area contributed by atoms with Gasteiger partial charge < -0.3 is 0 Å². The standard InChI is InChI=1S/C15H16/c1-13-9-5-4-8-12-15(13)14-10-6-2-3-7-11-14/h2-10H,11-12H2,1H3. The van der Waals surface area contributed by atoms with Crippen LogP contribution in [-0.4, -0.2) is 0 Å². The van der Waals surface area contributed by atoms with Crippen molar-refractivity contribution in [2.45, 2.75) is 19.8 Å². The van der Waals surface area contributed by atoms with Crippen LogP contribution in [-0.2, 0) is 0 Å². The summed E-state index contributed by atoms with van der Waals surface area (Å²) in [5.41, 5.74) is 4.29. The van der Waals surface area contributed by atoms with E-state index in [4.69, 9.17) is 0 Å². The van der Waals surface area contributed by atoms with Crippen molar-refractivity contribution in [1.82, 2.24) is 0 Å². The van der Waals surface area contributed by atoms with Crippen molar-refractivity contribution in [2.75, 3.05) is 0 Å². The van der Waals surface area contributed by atoms with Crippen LogP contribution in [0.4, 0.5) is 0 Å². The topological polar surface area (TPSA) is 0 Å². The van der Waals surface area contributed by atoms with Gasteiger partial charge in [0.05, 0.1) is 0 Å². The van der Waals surface area contributed by atoms with Gasteiger partial charge in [-0.2, -0.15) is 0 Å². The summed E-state index contributed by atoms with van der Waals surface area (Å²) >= 11 is 0. The normalized spacial score (nSPS) is 20.2. The number of rotatable bonds is 1. The number of allylic oxidation sites excluding steroid dienone is 12. The third-order valence-electron chi connectivity index (χ3n) is 2.77. The second kappa shape index (κ2) is 4.79. The minimum atomic E-state index is 1.04. The zero-order valence-electron chi connectivity index (χ0n) is 9.11. The summed E-state index contributed by atoms with van der Waals surface area (Å²) in [5.74, 6) is 0. The highest BCUT2D eigenvalue weighted by Crippen LogP contribution is 2.26. The molecule has 2 aliphatic carbocycles. The Balaban J connectivity index is 2.33. The molecular formula is C15H16. The molecule has 0 nitrogen and oxygen atoms in total. The Morgan fingerprint density at radius 3 is 2.60 bits per heavy atom. The second-order valence-corrected chi connectivity index (χ2v) is 3.86. The summed E-state index contributed by atoms with van der Waals surface area (Å²) in [7, 11) is 0. The highest BCUT2D eigenvalue weighted by Gasteiger charge is 2.06. The fourth-order valence-electron chi connectivity index (χ4n) is 1.91. The molecule has 0 spiro atoms. The van der Waals surface area contributed by atoms with E-state index in [-0.39, 0.29) is 0 Å². The van der Waals surface area contributed by atoms with E-state index in [9.17, 15) is 0 Å². The van der Waals surface area contributed by atoms with Crippen molar-refractivity contribution in [3.8, 4) is 0 Å². The monoisotopic (exact) mass is 196 g/mol. The van der Waals surface area contributed by atoms with Gasteiger partial charge in [-0.05, 0) is 36.5 Å². The third-order valence-corrected chi connectivity index (χ3v) is 2.77. The van der Waals surface area contributed by atoms with Crippen LogP contribution >= 0.6 is 0 Å². The van der Waals surface area contributed by atoms with Gasteiger partial charge in [-0.1, -0.05) is 54.7 Å². The first-order valence-corrected chi connectivity index (χ1v) is 5.43. The van der Waals surface area contributed by atoms with Gasteiger partial charge in [0, 0.05) is 0 Å². The molecule has 0 atom stereocenters. The predicted octanol–water partition coefficient (Wildman–Crippen LogP) is 4.26. The van der Waals surface area contributed by atoms with Crippen LogP contribution in [0.15, 0.2) is 71.4 Å². The van der Waals surface area contributed by atoms with Crippen LogP contribution in [0, 0.1) is 0 Å². The zero-order chi connectivity index (χ0) is 10.5.